The summed E-state index contributed by atoms with van der Waals surface area (Å²) in [5.74, 6) is 1.48. The summed E-state index contributed by atoms with van der Waals surface area (Å²) in [5, 5.41) is 11.6. The number of halogens is 1. The van der Waals surface area contributed by atoms with Gasteiger partial charge in [0.05, 0.1) is 23.5 Å². The highest BCUT2D eigenvalue weighted by molar-refractivity contribution is 14.1. The molecule has 0 fully saturated rings. The first kappa shape index (κ1) is 14.8. The van der Waals surface area contributed by atoms with Crippen molar-refractivity contribution in [2.24, 2.45) is 5.10 Å². The van der Waals surface area contributed by atoms with E-state index in [-0.39, 0.29) is 0 Å². The van der Waals surface area contributed by atoms with Gasteiger partial charge in [-0.15, -0.1) is 10.2 Å². The van der Waals surface area contributed by atoms with Gasteiger partial charge < -0.3 is 9.47 Å². The number of nitrogens with zero attached hydrogens (tertiary/aromatic N) is 4. The second-order valence-electron chi connectivity index (χ2n) is 3.97. The second kappa shape index (κ2) is 7.22. The Morgan fingerprint density at radius 3 is 2.75 bits per heavy atom. The fraction of sp³-hybridized carbons (Fsp3) is 0.308. The lowest BCUT2D eigenvalue weighted by Crippen LogP contribution is -2.01. The van der Waals surface area contributed by atoms with Gasteiger partial charge >= 0.3 is 0 Å². The Balaban J connectivity index is 2.25. The zero-order valence-electron chi connectivity index (χ0n) is 11.3. The maximum absolute atomic E-state index is 5.71. The van der Waals surface area contributed by atoms with E-state index in [1.807, 2.05) is 12.1 Å². The minimum atomic E-state index is 0.667. The molecule has 2 rings (SSSR count). The Morgan fingerprint density at radius 1 is 1.35 bits per heavy atom. The highest BCUT2D eigenvalue weighted by Gasteiger charge is 2.10. The van der Waals surface area contributed by atoms with E-state index >= 15 is 0 Å². The molecule has 0 N–H and O–H groups in total. The van der Waals surface area contributed by atoms with Crippen LogP contribution in [0, 0.1) is 3.57 Å². The van der Waals surface area contributed by atoms with E-state index in [1.54, 1.807) is 13.3 Å². The molecule has 0 saturated heterocycles. The van der Waals surface area contributed by atoms with E-state index in [4.69, 9.17) is 9.47 Å². The standard InChI is InChI=1S/C13H15IN4O2/c1-3-4-20-13-11(14)5-10(6-12(13)19-2)7-17-18-8-15-16-9-18/h5-9H,3-4H2,1-2H3. The van der Waals surface area contributed by atoms with Gasteiger partial charge in [0, 0.05) is 0 Å². The molecule has 20 heavy (non-hydrogen) atoms. The zero-order chi connectivity index (χ0) is 14.4. The van der Waals surface area contributed by atoms with E-state index in [0.717, 1.165) is 21.3 Å². The molecule has 0 aliphatic carbocycles. The highest BCUT2D eigenvalue weighted by atomic mass is 127. The molecule has 1 aromatic heterocycles. The first-order valence-electron chi connectivity index (χ1n) is 6.14. The lowest BCUT2D eigenvalue weighted by atomic mass is 10.2. The summed E-state index contributed by atoms with van der Waals surface area (Å²) in [6, 6.07) is 3.88. The van der Waals surface area contributed by atoms with Crippen molar-refractivity contribution < 1.29 is 9.47 Å². The summed E-state index contributed by atoms with van der Waals surface area (Å²) >= 11 is 2.23. The highest BCUT2D eigenvalue weighted by Crippen LogP contribution is 2.33. The van der Waals surface area contributed by atoms with Crippen molar-refractivity contribution in [2.75, 3.05) is 13.7 Å². The summed E-state index contributed by atoms with van der Waals surface area (Å²) in [6.45, 7) is 2.74. The van der Waals surface area contributed by atoms with Gasteiger partial charge in [0.15, 0.2) is 11.5 Å². The third kappa shape index (κ3) is 3.69. The van der Waals surface area contributed by atoms with Crippen molar-refractivity contribution in [1.82, 2.24) is 14.9 Å². The molecule has 6 nitrogen and oxygen atoms in total. The summed E-state index contributed by atoms with van der Waals surface area (Å²) in [4.78, 5) is 0. The summed E-state index contributed by atoms with van der Waals surface area (Å²) in [7, 11) is 1.63. The number of aromatic nitrogens is 3. The van der Waals surface area contributed by atoms with Crippen LogP contribution in [0.3, 0.4) is 0 Å². The summed E-state index contributed by atoms with van der Waals surface area (Å²) < 4.78 is 13.6. The van der Waals surface area contributed by atoms with Gasteiger partial charge in [-0.1, -0.05) is 6.92 Å². The molecule has 0 aliphatic heterocycles. The second-order valence-corrected chi connectivity index (χ2v) is 5.13. The quantitative estimate of drug-likeness (QED) is 0.566. The van der Waals surface area contributed by atoms with Crippen LogP contribution in [0.5, 0.6) is 11.5 Å². The lowest BCUT2D eigenvalue weighted by Gasteiger charge is -2.12. The van der Waals surface area contributed by atoms with E-state index in [0.29, 0.717) is 12.4 Å². The maximum Gasteiger partial charge on any atom is 0.174 e. The van der Waals surface area contributed by atoms with Crippen LogP contribution >= 0.6 is 22.6 Å². The molecule has 0 saturated carbocycles. The number of rotatable bonds is 6. The SMILES string of the molecule is CCCOc1c(I)cc(C=Nn2cnnc2)cc1OC. The monoisotopic (exact) mass is 386 g/mol. The van der Waals surface area contributed by atoms with Gasteiger partial charge in [-0.25, -0.2) is 4.68 Å². The van der Waals surface area contributed by atoms with E-state index < -0.39 is 0 Å². The van der Waals surface area contributed by atoms with Crippen LogP contribution in [-0.2, 0) is 0 Å². The first-order chi connectivity index (χ1) is 9.74. The molecule has 0 amide bonds. The van der Waals surface area contributed by atoms with Crippen molar-refractivity contribution in [3.8, 4) is 11.5 Å². The van der Waals surface area contributed by atoms with Gasteiger partial charge in [0.25, 0.3) is 0 Å². The predicted molar refractivity (Wildman–Crippen MR) is 84.5 cm³/mol. The minimum absolute atomic E-state index is 0.667. The van der Waals surface area contributed by atoms with E-state index in [9.17, 15) is 0 Å². The van der Waals surface area contributed by atoms with Crippen LogP contribution in [0.1, 0.15) is 18.9 Å². The normalized spacial score (nSPS) is 10.9. The number of hydrogen-bond donors (Lipinski definition) is 0. The van der Waals surface area contributed by atoms with E-state index in [2.05, 4.69) is 44.8 Å². The predicted octanol–water partition coefficient (Wildman–Crippen LogP) is 2.56. The molecule has 0 spiro atoms. The fourth-order valence-corrected chi connectivity index (χ4v) is 2.33. The van der Waals surface area contributed by atoms with Crippen molar-refractivity contribution in [1.29, 1.82) is 0 Å². The molecule has 1 aromatic carbocycles. The minimum Gasteiger partial charge on any atom is -0.493 e. The van der Waals surface area contributed by atoms with Gasteiger partial charge in [-0.05, 0) is 46.7 Å². The topological polar surface area (TPSA) is 61.5 Å². The number of benzene rings is 1. The molecule has 0 unspecified atom stereocenters. The van der Waals surface area contributed by atoms with Gasteiger partial charge in [-0.3, -0.25) is 0 Å². The Labute approximate surface area is 130 Å². The number of ether oxygens (including phenoxy) is 2. The van der Waals surface area contributed by atoms with Gasteiger partial charge in [-0.2, -0.15) is 5.10 Å². The van der Waals surface area contributed by atoms with Crippen LogP contribution in [0.15, 0.2) is 29.9 Å². The summed E-state index contributed by atoms with van der Waals surface area (Å²) in [6.07, 6.45) is 5.72. The van der Waals surface area contributed by atoms with Crippen molar-refractivity contribution in [3.05, 3.63) is 33.9 Å². The molecule has 1 heterocycles. The van der Waals surface area contributed by atoms with Crippen LogP contribution < -0.4 is 9.47 Å². The Morgan fingerprint density at radius 2 is 2.10 bits per heavy atom. The third-order valence-electron chi connectivity index (χ3n) is 2.45. The Bertz CT molecular complexity index is 584. The number of hydrogen-bond acceptors (Lipinski definition) is 5. The Hall–Kier alpha value is -1.64. The van der Waals surface area contributed by atoms with Gasteiger partial charge in [0.2, 0.25) is 0 Å². The molecular formula is C13H15IN4O2. The molecule has 7 heteroatoms. The largest absolute Gasteiger partial charge is 0.493 e. The first-order valence-corrected chi connectivity index (χ1v) is 7.21. The third-order valence-corrected chi connectivity index (χ3v) is 3.25. The summed E-state index contributed by atoms with van der Waals surface area (Å²) in [5.41, 5.74) is 0.920. The van der Waals surface area contributed by atoms with Crippen molar-refractivity contribution in [2.45, 2.75) is 13.3 Å². The van der Waals surface area contributed by atoms with E-state index in [1.165, 1.54) is 17.3 Å². The number of methoxy groups -OCH3 is 1. The van der Waals surface area contributed by atoms with Crippen LogP contribution in [0.4, 0.5) is 0 Å². The lowest BCUT2D eigenvalue weighted by molar-refractivity contribution is 0.292. The molecule has 0 radical (unpaired) electrons. The van der Waals surface area contributed by atoms with Crippen LogP contribution in [0.2, 0.25) is 0 Å². The molecular weight excluding hydrogens is 371 g/mol. The Kier molecular flexibility index (Phi) is 5.33. The fourth-order valence-electron chi connectivity index (χ4n) is 1.55. The zero-order valence-corrected chi connectivity index (χ0v) is 13.4. The van der Waals surface area contributed by atoms with Crippen molar-refractivity contribution >= 4 is 28.8 Å². The molecule has 0 bridgehead atoms. The van der Waals surface area contributed by atoms with Gasteiger partial charge in [0.1, 0.15) is 12.7 Å². The molecule has 106 valence electrons. The molecule has 0 atom stereocenters. The molecule has 2 aromatic rings. The van der Waals surface area contributed by atoms with Crippen LogP contribution in [0.25, 0.3) is 0 Å². The average Bonchev–Trinajstić information content (AvgIpc) is 2.96. The van der Waals surface area contributed by atoms with Crippen molar-refractivity contribution in [3.63, 3.8) is 0 Å². The maximum atomic E-state index is 5.71. The molecule has 0 aliphatic rings. The van der Waals surface area contributed by atoms with Crippen LogP contribution in [-0.4, -0.2) is 34.8 Å². The smallest absolute Gasteiger partial charge is 0.174 e. The average molecular weight is 386 g/mol.